The first-order chi connectivity index (χ1) is 12.2. The predicted octanol–water partition coefficient (Wildman–Crippen LogP) is 2.66. The number of hydrogen-bond donors (Lipinski definition) is 2. The summed E-state index contributed by atoms with van der Waals surface area (Å²) in [6, 6.07) is 17.5. The molecule has 0 aliphatic carbocycles. The van der Waals surface area contributed by atoms with E-state index in [0.717, 1.165) is 5.56 Å². The molecule has 0 fully saturated rings. The molecule has 0 radical (unpaired) electrons. The standard InChI is InChI=1S/C19H16N4O2/c24-18(21-13-14-6-5-11-20-12-14)16-9-4-10-17(23-16)19(25)22-15-7-2-1-3-8-15/h1-12H,13H2,(H,21,24)(H,22,25). The summed E-state index contributed by atoms with van der Waals surface area (Å²) in [7, 11) is 0. The first kappa shape index (κ1) is 16.3. The van der Waals surface area contributed by atoms with Crippen LogP contribution in [0.1, 0.15) is 26.5 Å². The highest BCUT2D eigenvalue weighted by Crippen LogP contribution is 2.08. The molecule has 2 heterocycles. The first-order valence-corrected chi connectivity index (χ1v) is 7.73. The number of pyridine rings is 2. The maximum atomic E-state index is 12.3. The second-order valence-corrected chi connectivity index (χ2v) is 5.27. The van der Waals surface area contributed by atoms with E-state index in [0.29, 0.717) is 12.2 Å². The molecule has 124 valence electrons. The van der Waals surface area contributed by atoms with E-state index < -0.39 is 0 Å². The lowest BCUT2D eigenvalue weighted by Gasteiger charge is -2.07. The van der Waals surface area contributed by atoms with Crippen molar-refractivity contribution >= 4 is 17.5 Å². The van der Waals surface area contributed by atoms with Crippen LogP contribution in [0, 0.1) is 0 Å². The summed E-state index contributed by atoms with van der Waals surface area (Å²) in [4.78, 5) is 32.6. The second kappa shape index (κ2) is 7.83. The number of anilines is 1. The van der Waals surface area contributed by atoms with Crippen LogP contribution in [0.15, 0.2) is 73.1 Å². The Balaban J connectivity index is 1.66. The van der Waals surface area contributed by atoms with E-state index in [-0.39, 0.29) is 23.2 Å². The molecule has 0 aliphatic heterocycles. The van der Waals surface area contributed by atoms with Gasteiger partial charge in [0, 0.05) is 24.6 Å². The van der Waals surface area contributed by atoms with Crippen molar-refractivity contribution < 1.29 is 9.59 Å². The molecule has 0 unspecified atom stereocenters. The maximum absolute atomic E-state index is 12.3. The van der Waals surface area contributed by atoms with E-state index in [1.165, 1.54) is 0 Å². The van der Waals surface area contributed by atoms with Crippen LogP contribution in [0.25, 0.3) is 0 Å². The van der Waals surface area contributed by atoms with Crippen molar-refractivity contribution in [1.29, 1.82) is 0 Å². The third kappa shape index (κ3) is 4.48. The summed E-state index contributed by atoms with van der Waals surface area (Å²) in [5, 5.41) is 5.50. The molecular formula is C19H16N4O2. The van der Waals surface area contributed by atoms with Gasteiger partial charge < -0.3 is 10.6 Å². The number of benzene rings is 1. The molecule has 0 bridgehead atoms. The Morgan fingerprint density at radius 2 is 1.60 bits per heavy atom. The van der Waals surface area contributed by atoms with Crippen LogP contribution in [-0.2, 0) is 6.54 Å². The summed E-state index contributed by atoms with van der Waals surface area (Å²) in [6.07, 6.45) is 3.35. The lowest BCUT2D eigenvalue weighted by atomic mass is 10.2. The molecule has 2 amide bonds. The summed E-state index contributed by atoms with van der Waals surface area (Å²) < 4.78 is 0. The van der Waals surface area contributed by atoms with Gasteiger partial charge in [-0.25, -0.2) is 4.98 Å². The first-order valence-electron chi connectivity index (χ1n) is 7.73. The van der Waals surface area contributed by atoms with Crippen LogP contribution in [0.3, 0.4) is 0 Å². The number of carbonyl (C=O) groups is 2. The number of amides is 2. The molecule has 1 aromatic carbocycles. The molecule has 2 aromatic heterocycles. The van der Waals surface area contributed by atoms with Crippen LogP contribution < -0.4 is 10.6 Å². The quantitative estimate of drug-likeness (QED) is 0.752. The SMILES string of the molecule is O=C(NCc1cccnc1)c1cccc(C(=O)Nc2ccccc2)n1. The van der Waals surface area contributed by atoms with E-state index in [1.807, 2.05) is 24.3 Å². The molecule has 0 spiro atoms. The van der Waals surface area contributed by atoms with Gasteiger partial charge in [0.05, 0.1) is 0 Å². The largest absolute Gasteiger partial charge is 0.347 e. The molecular weight excluding hydrogens is 316 g/mol. The molecule has 0 saturated carbocycles. The van der Waals surface area contributed by atoms with Crippen LogP contribution in [0.2, 0.25) is 0 Å². The Hall–Kier alpha value is -3.54. The van der Waals surface area contributed by atoms with Gasteiger partial charge in [-0.15, -0.1) is 0 Å². The van der Waals surface area contributed by atoms with E-state index in [1.54, 1.807) is 48.8 Å². The third-order valence-corrected chi connectivity index (χ3v) is 3.42. The normalized spacial score (nSPS) is 10.1. The Morgan fingerprint density at radius 1 is 0.840 bits per heavy atom. The van der Waals surface area contributed by atoms with Gasteiger partial charge in [0.15, 0.2) is 0 Å². The number of rotatable bonds is 5. The van der Waals surface area contributed by atoms with Crippen molar-refractivity contribution in [3.05, 3.63) is 90.0 Å². The summed E-state index contributed by atoms with van der Waals surface area (Å²) >= 11 is 0. The van der Waals surface area contributed by atoms with Crippen molar-refractivity contribution in [1.82, 2.24) is 15.3 Å². The van der Waals surface area contributed by atoms with E-state index in [2.05, 4.69) is 20.6 Å². The minimum Gasteiger partial charge on any atom is -0.347 e. The molecule has 2 N–H and O–H groups in total. The van der Waals surface area contributed by atoms with Crippen LogP contribution in [-0.4, -0.2) is 21.8 Å². The average Bonchev–Trinajstić information content (AvgIpc) is 2.68. The smallest absolute Gasteiger partial charge is 0.274 e. The molecule has 25 heavy (non-hydrogen) atoms. The fraction of sp³-hybridized carbons (Fsp3) is 0.0526. The van der Waals surface area contributed by atoms with Crippen LogP contribution in [0.5, 0.6) is 0 Å². The van der Waals surface area contributed by atoms with E-state index in [4.69, 9.17) is 0 Å². The Bertz CT molecular complexity index is 867. The van der Waals surface area contributed by atoms with Crippen LogP contribution in [0.4, 0.5) is 5.69 Å². The van der Waals surface area contributed by atoms with Crippen molar-refractivity contribution in [2.75, 3.05) is 5.32 Å². The number of para-hydroxylation sites is 1. The van der Waals surface area contributed by atoms with Gasteiger partial charge >= 0.3 is 0 Å². The third-order valence-electron chi connectivity index (χ3n) is 3.42. The number of nitrogens with one attached hydrogen (secondary N) is 2. The minimum atomic E-state index is -0.367. The number of aromatic nitrogens is 2. The molecule has 0 saturated heterocycles. The molecule has 0 atom stereocenters. The number of carbonyl (C=O) groups excluding carboxylic acids is 2. The topological polar surface area (TPSA) is 84.0 Å². The van der Waals surface area contributed by atoms with Crippen molar-refractivity contribution in [3.8, 4) is 0 Å². The van der Waals surface area contributed by atoms with Gasteiger partial charge in [-0.05, 0) is 35.9 Å². The maximum Gasteiger partial charge on any atom is 0.274 e. The zero-order chi connectivity index (χ0) is 17.5. The Morgan fingerprint density at radius 3 is 2.32 bits per heavy atom. The lowest BCUT2D eigenvalue weighted by molar-refractivity contribution is 0.0945. The van der Waals surface area contributed by atoms with Gasteiger partial charge in [-0.2, -0.15) is 0 Å². The molecule has 6 nitrogen and oxygen atoms in total. The highest BCUT2D eigenvalue weighted by atomic mass is 16.2. The monoisotopic (exact) mass is 332 g/mol. The highest BCUT2D eigenvalue weighted by molar-refractivity contribution is 6.03. The molecule has 3 rings (SSSR count). The molecule has 0 aliphatic rings. The van der Waals surface area contributed by atoms with Gasteiger partial charge in [-0.3, -0.25) is 14.6 Å². The van der Waals surface area contributed by atoms with Crippen molar-refractivity contribution in [3.63, 3.8) is 0 Å². The zero-order valence-electron chi connectivity index (χ0n) is 13.3. The Labute approximate surface area is 145 Å². The van der Waals surface area contributed by atoms with Crippen molar-refractivity contribution in [2.45, 2.75) is 6.54 Å². The molecule has 6 heteroatoms. The lowest BCUT2D eigenvalue weighted by Crippen LogP contribution is -2.25. The predicted molar refractivity (Wildman–Crippen MR) is 94.0 cm³/mol. The van der Waals surface area contributed by atoms with Gasteiger partial charge in [-0.1, -0.05) is 30.3 Å². The van der Waals surface area contributed by atoms with Gasteiger partial charge in [0.25, 0.3) is 11.8 Å². The summed E-state index contributed by atoms with van der Waals surface area (Å²) in [6.45, 7) is 0.342. The minimum absolute atomic E-state index is 0.179. The summed E-state index contributed by atoms with van der Waals surface area (Å²) in [5.74, 6) is -0.716. The van der Waals surface area contributed by atoms with Gasteiger partial charge in [0.1, 0.15) is 11.4 Å². The fourth-order valence-corrected chi connectivity index (χ4v) is 2.18. The van der Waals surface area contributed by atoms with Crippen LogP contribution >= 0.6 is 0 Å². The number of hydrogen-bond acceptors (Lipinski definition) is 4. The molecule has 3 aromatic rings. The average molecular weight is 332 g/mol. The van der Waals surface area contributed by atoms with Gasteiger partial charge in [0.2, 0.25) is 0 Å². The fourth-order valence-electron chi connectivity index (χ4n) is 2.18. The summed E-state index contributed by atoms with van der Waals surface area (Å²) in [5.41, 5.74) is 1.91. The van der Waals surface area contributed by atoms with Crippen molar-refractivity contribution in [2.24, 2.45) is 0 Å². The Kier molecular flexibility index (Phi) is 5.11. The number of nitrogens with zero attached hydrogens (tertiary/aromatic N) is 2. The van der Waals surface area contributed by atoms with E-state index in [9.17, 15) is 9.59 Å². The highest BCUT2D eigenvalue weighted by Gasteiger charge is 2.12. The van der Waals surface area contributed by atoms with E-state index >= 15 is 0 Å². The second-order valence-electron chi connectivity index (χ2n) is 5.27. The zero-order valence-corrected chi connectivity index (χ0v) is 13.3.